The molecule has 108 valence electrons. The Balaban J connectivity index is 1.98. The Kier molecular flexibility index (Phi) is 5.22. The SMILES string of the molecule is COC(=O)c1ccccc1/C=N\NC(=O)Cc1cccs1. The Morgan fingerprint density at radius 1 is 1.29 bits per heavy atom. The zero-order valence-electron chi connectivity index (χ0n) is 11.4. The summed E-state index contributed by atoms with van der Waals surface area (Å²) in [5.74, 6) is -0.647. The van der Waals surface area contributed by atoms with Crippen LogP contribution in [-0.2, 0) is 16.0 Å². The number of nitrogens with zero attached hydrogens (tertiary/aromatic N) is 1. The van der Waals surface area contributed by atoms with E-state index in [1.807, 2.05) is 17.5 Å². The molecule has 1 aromatic carbocycles. The first-order valence-electron chi connectivity index (χ1n) is 6.22. The van der Waals surface area contributed by atoms with Gasteiger partial charge >= 0.3 is 5.97 Å². The zero-order chi connectivity index (χ0) is 15.1. The van der Waals surface area contributed by atoms with Crippen molar-refractivity contribution >= 4 is 29.4 Å². The number of carbonyl (C=O) groups is 2. The molecule has 0 atom stereocenters. The van der Waals surface area contributed by atoms with E-state index in [0.29, 0.717) is 11.1 Å². The molecule has 0 bridgehead atoms. The molecule has 1 aromatic heterocycles. The summed E-state index contributed by atoms with van der Waals surface area (Å²) in [4.78, 5) is 24.2. The van der Waals surface area contributed by atoms with Crippen molar-refractivity contribution in [1.29, 1.82) is 0 Å². The lowest BCUT2D eigenvalue weighted by Crippen LogP contribution is -2.19. The van der Waals surface area contributed by atoms with Gasteiger partial charge in [-0.15, -0.1) is 11.3 Å². The van der Waals surface area contributed by atoms with Gasteiger partial charge in [-0.1, -0.05) is 24.3 Å². The van der Waals surface area contributed by atoms with Crippen molar-refractivity contribution in [3.8, 4) is 0 Å². The summed E-state index contributed by atoms with van der Waals surface area (Å²) < 4.78 is 4.69. The van der Waals surface area contributed by atoms with Gasteiger partial charge < -0.3 is 4.74 Å². The van der Waals surface area contributed by atoms with Gasteiger partial charge in [0.25, 0.3) is 0 Å². The highest BCUT2D eigenvalue weighted by molar-refractivity contribution is 7.10. The van der Waals surface area contributed by atoms with Crippen molar-refractivity contribution < 1.29 is 14.3 Å². The van der Waals surface area contributed by atoms with Crippen molar-refractivity contribution in [1.82, 2.24) is 5.43 Å². The molecule has 0 unspecified atom stereocenters. The number of hydrogen-bond acceptors (Lipinski definition) is 5. The van der Waals surface area contributed by atoms with Crippen molar-refractivity contribution in [3.05, 3.63) is 57.8 Å². The Hall–Kier alpha value is -2.47. The molecule has 0 radical (unpaired) electrons. The zero-order valence-corrected chi connectivity index (χ0v) is 12.2. The molecule has 1 amide bonds. The highest BCUT2D eigenvalue weighted by Gasteiger charge is 2.09. The molecule has 2 rings (SSSR count). The largest absolute Gasteiger partial charge is 0.465 e. The summed E-state index contributed by atoms with van der Waals surface area (Å²) in [5, 5.41) is 5.79. The van der Waals surface area contributed by atoms with Crippen LogP contribution in [0.1, 0.15) is 20.8 Å². The van der Waals surface area contributed by atoms with Crippen LogP contribution in [0.2, 0.25) is 0 Å². The number of ether oxygens (including phenoxy) is 1. The van der Waals surface area contributed by atoms with E-state index >= 15 is 0 Å². The topological polar surface area (TPSA) is 67.8 Å². The summed E-state index contributed by atoms with van der Waals surface area (Å²) in [6.45, 7) is 0. The van der Waals surface area contributed by atoms with E-state index in [2.05, 4.69) is 15.3 Å². The van der Waals surface area contributed by atoms with Gasteiger partial charge in [0.1, 0.15) is 0 Å². The van der Waals surface area contributed by atoms with E-state index < -0.39 is 5.97 Å². The van der Waals surface area contributed by atoms with Crippen molar-refractivity contribution in [2.45, 2.75) is 6.42 Å². The highest BCUT2D eigenvalue weighted by Crippen LogP contribution is 2.09. The average Bonchev–Trinajstić information content (AvgIpc) is 3.00. The van der Waals surface area contributed by atoms with Gasteiger partial charge in [0, 0.05) is 10.4 Å². The number of esters is 1. The first-order valence-corrected chi connectivity index (χ1v) is 7.10. The Bertz CT molecular complexity index is 651. The van der Waals surface area contributed by atoms with E-state index in [0.717, 1.165) is 4.88 Å². The quantitative estimate of drug-likeness (QED) is 0.523. The number of carbonyl (C=O) groups excluding carboxylic acids is 2. The molecule has 0 aliphatic rings. The van der Waals surface area contributed by atoms with Crippen LogP contribution >= 0.6 is 11.3 Å². The molecule has 0 fully saturated rings. The van der Waals surface area contributed by atoms with Crippen LogP contribution in [0.4, 0.5) is 0 Å². The van der Waals surface area contributed by atoms with E-state index in [4.69, 9.17) is 0 Å². The molecule has 5 nitrogen and oxygen atoms in total. The van der Waals surface area contributed by atoms with Gasteiger partial charge in [0.15, 0.2) is 0 Å². The number of methoxy groups -OCH3 is 1. The maximum absolute atomic E-state index is 11.7. The normalized spacial score (nSPS) is 10.5. The fraction of sp³-hybridized carbons (Fsp3) is 0.133. The highest BCUT2D eigenvalue weighted by atomic mass is 32.1. The van der Waals surface area contributed by atoms with Gasteiger partial charge in [0.05, 0.1) is 25.3 Å². The molecule has 0 saturated carbocycles. The molecule has 2 aromatic rings. The first-order chi connectivity index (χ1) is 10.2. The fourth-order valence-electron chi connectivity index (χ4n) is 1.69. The maximum Gasteiger partial charge on any atom is 0.338 e. The number of hydrazone groups is 1. The Labute approximate surface area is 126 Å². The van der Waals surface area contributed by atoms with Crippen molar-refractivity contribution in [3.63, 3.8) is 0 Å². The molecule has 0 saturated heterocycles. The van der Waals surface area contributed by atoms with Crippen LogP contribution < -0.4 is 5.43 Å². The second-order valence-corrected chi connectivity index (χ2v) is 5.16. The van der Waals surface area contributed by atoms with Crippen LogP contribution in [0.3, 0.4) is 0 Å². The summed E-state index contributed by atoms with van der Waals surface area (Å²) >= 11 is 1.52. The predicted octanol–water partition coefficient (Wildman–Crippen LogP) is 2.23. The van der Waals surface area contributed by atoms with Crippen molar-refractivity contribution in [2.24, 2.45) is 5.10 Å². The maximum atomic E-state index is 11.7. The molecule has 0 spiro atoms. The van der Waals surface area contributed by atoms with Crippen LogP contribution in [0.5, 0.6) is 0 Å². The number of amides is 1. The minimum absolute atomic E-state index is 0.204. The Morgan fingerprint density at radius 2 is 2.10 bits per heavy atom. The third-order valence-corrected chi connectivity index (χ3v) is 3.55. The first kappa shape index (κ1) is 14.9. The monoisotopic (exact) mass is 302 g/mol. The third kappa shape index (κ3) is 4.25. The van der Waals surface area contributed by atoms with Gasteiger partial charge in [-0.2, -0.15) is 5.10 Å². The summed E-state index contributed by atoms with van der Waals surface area (Å²) in [6.07, 6.45) is 1.71. The van der Waals surface area contributed by atoms with Gasteiger partial charge in [-0.05, 0) is 17.5 Å². The molecule has 1 heterocycles. The van der Waals surface area contributed by atoms with Crippen LogP contribution in [0.25, 0.3) is 0 Å². The van der Waals surface area contributed by atoms with Crippen LogP contribution in [-0.4, -0.2) is 25.2 Å². The van der Waals surface area contributed by atoms with Gasteiger partial charge in [0.2, 0.25) is 5.91 Å². The second kappa shape index (κ2) is 7.35. The Morgan fingerprint density at radius 3 is 2.81 bits per heavy atom. The van der Waals surface area contributed by atoms with Crippen molar-refractivity contribution in [2.75, 3.05) is 7.11 Å². The minimum atomic E-state index is -0.443. The minimum Gasteiger partial charge on any atom is -0.465 e. The number of thiophene rings is 1. The lowest BCUT2D eigenvalue weighted by Gasteiger charge is -2.03. The van der Waals surface area contributed by atoms with E-state index in [-0.39, 0.29) is 12.3 Å². The van der Waals surface area contributed by atoms with Gasteiger partial charge in [-0.3, -0.25) is 4.79 Å². The lowest BCUT2D eigenvalue weighted by atomic mass is 10.1. The van der Waals surface area contributed by atoms with E-state index in [1.54, 1.807) is 24.3 Å². The molecule has 0 aliphatic carbocycles. The molecule has 1 N–H and O–H groups in total. The fourth-order valence-corrected chi connectivity index (χ4v) is 2.39. The molecule has 0 aliphatic heterocycles. The summed E-state index contributed by atoms with van der Waals surface area (Å²) in [7, 11) is 1.32. The lowest BCUT2D eigenvalue weighted by molar-refractivity contribution is -0.120. The number of rotatable bonds is 5. The predicted molar refractivity (Wildman–Crippen MR) is 81.5 cm³/mol. The molecular formula is C15H14N2O3S. The summed E-state index contributed by atoms with van der Waals surface area (Å²) in [6, 6.07) is 10.7. The van der Waals surface area contributed by atoms with Crippen LogP contribution in [0, 0.1) is 0 Å². The van der Waals surface area contributed by atoms with E-state index in [1.165, 1.54) is 24.7 Å². The molecular weight excluding hydrogens is 288 g/mol. The van der Waals surface area contributed by atoms with Crippen LogP contribution in [0.15, 0.2) is 46.9 Å². The van der Waals surface area contributed by atoms with Gasteiger partial charge in [-0.25, -0.2) is 10.2 Å². The summed E-state index contributed by atoms with van der Waals surface area (Å²) in [5.41, 5.74) is 3.42. The number of hydrogen-bond donors (Lipinski definition) is 1. The molecule has 6 heteroatoms. The third-order valence-electron chi connectivity index (χ3n) is 2.67. The smallest absolute Gasteiger partial charge is 0.338 e. The average molecular weight is 302 g/mol. The van der Waals surface area contributed by atoms with E-state index in [9.17, 15) is 9.59 Å². The number of benzene rings is 1. The molecule has 21 heavy (non-hydrogen) atoms. The standard InChI is InChI=1S/C15H14N2O3S/c1-20-15(19)13-7-3-2-5-11(13)10-16-17-14(18)9-12-6-4-8-21-12/h2-8,10H,9H2,1H3,(H,17,18)/b16-10-. The number of nitrogens with one attached hydrogen (secondary N) is 1. The second-order valence-electron chi connectivity index (χ2n) is 4.13.